The van der Waals surface area contributed by atoms with Gasteiger partial charge in [0.15, 0.2) is 0 Å². The Kier molecular flexibility index (Phi) is 3.60. The Morgan fingerprint density at radius 3 is 2.06 bits per heavy atom. The molecule has 0 heterocycles. The number of anilines is 1. The monoisotopic (exact) mass is 217 g/mol. The standard InChI is InChI=1S/C15H17N/c1-13(12-14-8-4-2-5-9-14)16-15-10-6-3-7-11-15/h2-11,13,16H,12H2,1H3/i3+1,6+1,7+1,10+1,11+1,15+1. The maximum atomic E-state index is 3.49. The van der Waals surface area contributed by atoms with Gasteiger partial charge in [-0.3, -0.25) is 0 Å². The van der Waals surface area contributed by atoms with E-state index in [1.54, 1.807) is 0 Å². The highest BCUT2D eigenvalue weighted by Crippen LogP contribution is 2.10. The topological polar surface area (TPSA) is 12.0 Å². The van der Waals surface area contributed by atoms with Crippen LogP contribution >= 0.6 is 0 Å². The Bertz CT molecular complexity index is 366. The zero-order chi connectivity index (χ0) is 11.2. The van der Waals surface area contributed by atoms with Gasteiger partial charge in [0.1, 0.15) is 0 Å². The Morgan fingerprint density at radius 2 is 1.44 bits per heavy atom. The molecule has 2 aromatic rings. The van der Waals surface area contributed by atoms with Crippen molar-refractivity contribution in [1.29, 1.82) is 0 Å². The van der Waals surface area contributed by atoms with Gasteiger partial charge in [-0.2, -0.15) is 0 Å². The summed E-state index contributed by atoms with van der Waals surface area (Å²) < 4.78 is 0. The fraction of sp³-hybridized carbons (Fsp3) is 0.200. The van der Waals surface area contributed by atoms with Crippen molar-refractivity contribution in [2.45, 2.75) is 19.4 Å². The summed E-state index contributed by atoms with van der Waals surface area (Å²) in [6.45, 7) is 2.21. The van der Waals surface area contributed by atoms with Gasteiger partial charge in [0, 0.05) is 11.7 Å². The van der Waals surface area contributed by atoms with Crippen molar-refractivity contribution in [3.05, 3.63) is 66.2 Å². The van der Waals surface area contributed by atoms with Gasteiger partial charge in [-0.15, -0.1) is 0 Å². The number of benzene rings is 2. The molecular formula is C15H17N. The van der Waals surface area contributed by atoms with E-state index in [2.05, 4.69) is 66.8 Å². The van der Waals surface area contributed by atoms with Crippen LogP contribution in [0.2, 0.25) is 0 Å². The molecule has 2 rings (SSSR count). The van der Waals surface area contributed by atoms with E-state index >= 15 is 0 Å². The van der Waals surface area contributed by atoms with E-state index in [1.165, 1.54) is 11.3 Å². The highest BCUT2D eigenvalue weighted by molar-refractivity contribution is 5.43. The van der Waals surface area contributed by atoms with Gasteiger partial charge < -0.3 is 5.32 Å². The molecule has 1 atom stereocenters. The summed E-state index contributed by atoms with van der Waals surface area (Å²) in [7, 11) is 0. The molecule has 1 nitrogen and oxygen atoms in total. The molecule has 0 aromatic heterocycles. The second-order valence-corrected chi connectivity index (χ2v) is 4.10. The molecule has 1 N–H and O–H groups in total. The number of para-hydroxylation sites is 1. The van der Waals surface area contributed by atoms with Crippen LogP contribution in [-0.2, 0) is 6.42 Å². The highest BCUT2D eigenvalue weighted by Gasteiger charge is 2.02. The fourth-order valence-corrected chi connectivity index (χ4v) is 1.84. The lowest BCUT2D eigenvalue weighted by atomic mass is 10.1. The zero-order valence-corrected chi connectivity index (χ0v) is 9.56. The molecule has 0 radical (unpaired) electrons. The largest absolute Gasteiger partial charge is 0.382 e. The molecule has 0 aliphatic heterocycles. The van der Waals surface area contributed by atoms with Crippen LogP contribution in [0.4, 0.5) is 5.69 Å². The van der Waals surface area contributed by atoms with E-state index in [4.69, 9.17) is 0 Å². The summed E-state index contributed by atoms with van der Waals surface area (Å²) in [6, 6.07) is 21.4. The summed E-state index contributed by atoms with van der Waals surface area (Å²) in [5.74, 6) is 0. The van der Waals surface area contributed by atoms with Gasteiger partial charge in [0.05, 0.1) is 0 Å². The molecule has 1 unspecified atom stereocenters. The van der Waals surface area contributed by atoms with Gasteiger partial charge >= 0.3 is 0 Å². The number of rotatable bonds is 4. The van der Waals surface area contributed by atoms with Crippen LogP contribution < -0.4 is 5.32 Å². The SMILES string of the molecule is CC(Cc1ccccc1)N[13c]1[13cH][13cH][13cH][13cH][13cH]1. The normalized spacial score (nSPS) is 12.1. The van der Waals surface area contributed by atoms with Crippen LogP contribution in [0.1, 0.15) is 12.5 Å². The minimum Gasteiger partial charge on any atom is -0.382 e. The average Bonchev–Trinajstić information content (AvgIpc) is 2.31. The third kappa shape index (κ3) is 3.13. The minimum atomic E-state index is 0.449. The lowest BCUT2D eigenvalue weighted by Crippen LogP contribution is -2.17. The number of nitrogens with one attached hydrogen (secondary N) is 1. The molecule has 0 saturated heterocycles. The first-order chi connectivity index (χ1) is 7.84. The molecule has 0 saturated carbocycles. The van der Waals surface area contributed by atoms with Gasteiger partial charge in [-0.1, -0.05) is 48.5 Å². The Balaban J connectivity index is 1.92. The first kappa shape index (κ1) is 10.7. The van der Waals surface area contributed by atoms with E-state index in [0.717, 1.165) is 6.42 Å². The van der Waals surface area contributed by atoms with E-state index in [9.17, 15) is 0 Å². The third-order valence-electron chi connectivity index (χ3n) is 2.57. The van der Waals surface area contributed by atoms with Crippen molar-refractivity contribution in [3.63, 3.8) is 0 Å². The van der Waals surface area contributed by atoms with Gasteiger partial charge in [-0.25, -0.2) is 0 Å². The summed E-state index contributed by atoms with van der Waals surface area (Å²) in [4.78, 5) is 0. The Hall–Kier alpha value is -1.76. The van der Waals surface area contributed by atoms with Gasteiger partial charge in [0.25, 0.3) is 0 Å². The first-order valence-electron chi connectivity index (χ1n) is 5.70. The molecule has 0 fully saturated rings. The minimum absolute atomic E-state index is 0.449. The molecule has 0 aliphatic rings. The maximum absolute atomic E-state index is 3.49. The molecule has 0 bridgehead atoms. The van der Waals surface area contributed by atoms with Crippen molar-refractivity contribution in [1.82, 2.24) is 0 Å². The first-order valence-corrected chi connectivity index (χ1v) is 5.70. The van der Waals surface area contributed by atoms with Crippen LogP contribution in [0.15, 0.2) is 60.7 Å². The highest BCUT2D eigenvalue weighted by atomic mass is 15.2. The predicted octanol–water partition coefficient (Wildman–Crippen LogP) is 3.73. The fourth-order valence-electron chi connectivity index (χ4n) is 1.84. The summed E-state index contributed by atoms with van der Waals surface area (Å²) in [5.41, 5.74) is 2.56. The zero-order valence-electron chi connectivity index (χ0n) is 9.56. The lowest BCUT2D eigenvalue weighted by Gasteiger charge is -2.15. The van der Waals surface area contributed by atoms with Gasteiger partial charge in [0.2, 0.25) is 0 Å². The van der Waals surface area contributed by atoms with E-state index in [0.29, 0.717) is 6.04 Å². The summed E-state index contributed by atoms with van der Waals surface area (Å²) in [6.07, 6.45) is 1.05. The van der Waals surface area contributed by atoms with E-state index < -0.39 is 0 Å². The van der Waals surface area contributed by atoms with Crippen LogP contribution in [0, 0.1) is 0 Å². The Labute approximate surface area is 97.1 Å². The van der Waals surface area contributed by atoms with Crippen molar-refractivity contribution in [2.24, 2.45) is 0 Å². The molecule has 82 valence electrons. The number of hydrogen-bond acceptors (Lipinski definition) is 1. The van der Waals surface area contributed by atoms with Gasteiger partial charge in [-0.05, 0) is 31.0 Å². The lowest BCUT2D eigenvalue weighted by molar-refractivity contribution is 0.790. The molecule has 0 amide bonds. The molecule has 1 heteroatoms. The van der Waals surface area contributed by atoms with Crippen LogP contribution in [-0.4, -0.2) is 6.04 Å². The van der Waals surface area contributed by atoms with Crippen LogP contribution in [0.3, 0.4) is 0 Å². The predicted molar refractivity (Wildman–Crippen MR) is 69.7 cm³/mol. The number of hydrogen-bond donors (Lipinski definition) is 1. The third-order valence-corrected chi connectivity index (χ3v) is 2.57. The maximum Gasteiger partial charge on any atom is 0.0342 e. The summed E-state index contributed by atoms with van der Waals surface area (Å²) >= 11 is 0. The summed E-state index contributed by atoms with van der Waals surface area (Å²) in [5, 5.41) is 3.49. The van der Waals surface area contributed by atoms with Crippen molar-refractivity contribution in [3.8, 4) is 0 Å². The molecular weight excluding hydrogens is 200 g/mol. The smallest absolute Gasteiger partial charge is 0.0342 e. The quantitative estimate of drug-likeness (QED) is 0.822. The Morgan fingerprint density at radius 1 is 0.875 bits per heavy atom. The van der Waals surface area contributed by atoms with Crippen LogP contribution in [0.5, 0.6) is 0 Å². The van der Waals surface area contributed by atoms with Crippen LogP contribution in [0.25, 0.3) is 0 Å². The molecule has 0 spiro atoms. The second-order valence-electron chi connectivity index (χ2n) is 4.10. The van der Waals surface area contributed by atoms with Crippen molar-refractivity contribution in [2.75, 3.05) is 5.32 Å². The average molecular weight is 217 g/mol. The molecule has 16 heavy (non-hydrogen) atoms. The van der Waals surface area contributed by atoms with E-state index in [1.807, 2.05) is 6.07 Å². The molecule has 0 aliphatic carbocycles. The van der Waals surface area contributed by atoms with Crippen molar-refractivity contribution < 1.29 is 0 Å². The second kappa shape index (κ2) is 5.36. The van der Waals surface area contributed by atoms with Crippen molar-refractivity contribution >= 4 is 5.69 Å². The molecule has 2 aromatic carbocycles. The van der Waals surface area contributed by atoms with E-state index in [-0.39, 0.29) is 0 Å².